The molecule has 0 aliphatic heterocycles. The number of halogens is 2. The van der Waals surface area contributed by atoms with Crippen LogP contribution >= 0.6 is 0 Å². The van der Waals surface area contributed by atoms with Gasteiger partial charge in [-0.3, -0.25) is 9.89 Å². The Balaban J connectivity index is 2.11. The van der Waals surface area contributed by atoms with E-state index in [4.69, 9.17) is 0 Å². The number of hydrogen-bond acceptors (Lipinski definition) is 2. The van der Waals surface area contributed by atoms with Crippen LogP contribution in [0.2, 0.25) is 0 Å². The van der Waals surface area contributed by atoms with Crippen molar-refractivity contribution in [3.05, 3.63) is 17.5 Å². The fraction of sp³-hybridized carbons (Fsp3) is 0.556. The normalized spacial score (nSPS) is 17.1. The summed E-state index contributed by atoms with van der Waals surface area (Å²) in [5.74, 6) is -0.108. The molecule has 1 aliphatic carbocycles. The molecule has 76 valence electrons. The Morgan fingerprint density at radius 2 is 2.29 bits per heavy atom. The van der Waals surface area contributed by atoms with Crippen LogP contribution < -0.4 is 0 Å². The van der Waals surface area contributed by atoms with Gasteiger partial charge >= 0.3 is 0 Å². The fourth-order valence-corrected chi connectivity index (χ4v) is 1.45. The van der Waals surface area contributed by atoms with Gasteiger partial charge in [-0.25, -0.2) is 8.78 Å². The highest BCUT2D eigenvalue weighted by Gasteiger charge is 2.28. The van der Waals surface area contributed by atoms with Crippen molar-refractivity contribution in [3.8, 4) is 0 Å². The van der Waals surface area contributed by atoms with Crippen molar-refractivity contribution in [2.45, 2.75) is 25.7 Å². The van der Waals surface area contributed by atoms with Crippen molar-refractivity contribution in [2.24, 2.45) is 5.92 Å². The summed E-state index contributed by atoms with van der Waals surface area (Å²) >= 11 is 0. The number of alkyl halides is 2. The van der Waals surface area contributed by atoms with Crippen LogP contribution in [0.3, 0.4) is 0 Å². The number of carbonyl (C=O) groups is 1. The fourth-order valence-electron chi connectivity index (χ4n) is 1.45. The van der Waals surface area contributed by atoms with Crippen molar-refractivity contribution >= 4 is 5.78 Å². The highest BCUT2D eigenvalue weighted by molar-refractivity contribution is 5.96. The first-order valence-electron chi connectivity index (χ1n) is 4.56. The lowest BCUT2D eigenvalue weighted by molar-refractivity contribution is 0.0850. The molecule has 14 heavy (non-hydrogen) atoms. The summed E-state index contributed by atoms with van der Waals surface area (Å²) in [7, 11) is 0. The molecule has 0 atom stereocenters. The zero-order chi connectivity index (χ0) is 10.1. The minimum Gasteiger partial charge on any atom is -0.292 e. The molecule has 3 nitrogen and oxygen atoms in total. The molecule has 0 spiro atoms. The van der Waals surface area contributed by atoms with Gasteiger partial charge in [-0.15, -0.1) is 0 Å². The lowest BCUT2D eigenvalue weighted by atomic mass is 9.81. The van der Waals surface area contributed by atoms with Crippen LogP contribution in [0.1, 0.15) is 41.9 Å². The molecule has 0 unspecified atom stereocenters. The Bertz CT molecular complexity index is 344. The predicted octanol–water partition coefficient (Wildman–Crippen LogP) is 2.33. The number of aromatic amines is 1. The summed E-state index contributed by atoms with van der Waals surface area (Å²) in [6, 6.07) is 1.14. The second-order valence-electron chi connectivity index (χ2n) is 3.50. The summed E-state index contributed by atoms with van der Waals surface area (Å²) in [5.41, 5.74) is -0.141. The standard InChI is InChI=1S/C9H10F2N2O/c10-9(11)7-4-6(12-13-7)8(14)5-2-1-3-5/h4-5,9H,1-3H2,(H,12,13). The predicted molar refractivity (Wildman–Crippen MR) is 45.2 cm³/mol. The number of carbonyl (C=O) groups excluding carboxylic acids is 1. The van der Waals surface area contributed by atoms with Crippen molar-refractivity contribution in [1.82, 2.24) is 10.2 Å². The Kier molecular flexibility index (Phi) is 2.31. The van der Waals surface area contributed by atoms with Crippen LogP contribution in [0.4, 0.5) is 8.78 Å². The molecule has 0 bridgehead atoms. The van der Waals surface area contributed by atoms with Gasteiger partial charge in [0.25, 0.3) is 6.43 Å². The Hall–Kier alpha value is -1.26. The van der Waals surface area contributed by atoms with Gasteiger partial charge in [0.2, 0.25) is 0 Å². The molecule has 1 N–H and O–H groups in total. The Morgan fingerprint density at radius 1 is 1.57 bits per heavy atom. The number of aromatic nitrogens is 2. The molecule has 0 saturated heterocycles. The SMILES string of the molecule is O=C(c1cc(C(F)F)[nH]n1)C1CCC1. The lowest BCUT2D eigenvalue weighted by Crippen LogP contribution is -2.22. The molecule has 1 fully saturated rings. The largest absolute Gasteiger partial charge is 0.292 e. The molecule has 1 aliphatic rings. The van der Waals surface area contributed by atoms with Crippen molar-refractivity contribution in [1.29, 1.82) is 0 Å². The third-order valence-corrected chi connectivity index (χ3v) is 2.56. The average Bonchev–Trinajstić information content (AvgIpc) is 2.48. The maximum atomic E-state index is 12.2. The van der Waals surface area contributed by atoms with E-state index < -0.39 is 6.43 Å². The Labute approximate surface area is 79.5 Å². The van der Waals surface area contributed by atoms with Crippen LogP contribution in [-0.2, 0) is 0 Å². The van der Waals surface area contributed by atoms with E-state index in [1.807, 2.05) is 0 Å². The van der Waals surface area contributed by atoms with Gasteiger partial charge in [0.1, 0.15) is 11.4 Å². The lowest BCUT2D eigenvalue weighted by Gasteiger charge is -2.22. The van der Waals surface area contributed by atoms with Gasteiger partial charge in [0, 0.05) is 5.92 Å². The molecular formula is C9H10F2N2O. The molecule has 0 radical (unpaired) electrons. The first-order chi connectivity index (χ1) is 6.68. The van der Waals surface area contributed by atoms with Crippen molar-refractivity contribution in [3.63, 3.8) is 0 Å². The summed E-state index contributed by atoms with van der Waals surface area (Å²) in [4.78, 5) is 11.5. The summed E-state index contributed by atoms with van der Waals surface area (Å²) in [6.07, 6.45) is 0.166. The molecule has 5 heteroatoms. The zero-order valence-corrected chi connectivity index (χ0v) is 7.46. The summed E-state index contributed by atoms with van der Waals surface area (Å²) < 4.78 is 24.3. The highest BCUT2D eigenvalue weighted by Crippen LogP contribution is 2.29. The van der Waals surface area contributed by atoms with E-state index in [0.29, 0.717) is 0 Å². The number of Topliss-reactive ketones (excluding diaryl/α,β-unsaturated/α-hetero) is 1. The van der Waals surface area contributed by atoms with E-state index in [-0.39, 0.29) is 23.1 Å². The van der Waals surface area contributed by atoms with Crippen LogP contribution in [-0.4, -0.2) is 16.0 Å². The number of H-pyrrole nitrogens is 1. The van der Waals surface area contributed by atoms with Gasteiger partial charge in [-0.1, -0.05) is 6.42 Å². The topological polar surface area (TPSA) is 45.8 Å². The molecule has 1 aromatic rings. The summed E-state index contributed by atoms with van der Waals surface area (Å²) in [6.45, 7) is 0. The molecule has 1 saturated carbocycles. The number of nitrogens with zero attached hydrogens (tertiary/aromatic N) is 1. The van der Waals surface area contributed by atoms with E-state index in [0.717, 1.165) is 25.3 Å². The maximum Gasteiger partial charge on any atom is 0.279 e. The molecule has 0 amide bonds. The van der Waals surface area contributed by atoms with Crippen LogP contribution in [0.5, 0.6) is 0 Å². The van der Waals surface area contributed by atoms with Crippen LogP contribution in [0.15, 0.2) is 6.07 Å². The quantitative estimate of drug-likeness (QED) is 0.761. The maximum absolute atomic E-state index is 12.2. The summed E-state index contributed by atoms with van der Waals surface area (Å²) in [5, 5.41) is 5.75. The second-order valence-corrected chi connectivity index (χ2v) is 3.50. The van der Waals surface area contributed by atoms with Gasteiger partial charge < -0.3 is 0 Å². The van der Waals surface area contributed by atoms with E-state index in [2.05, 4.69) is 10.2 Å². The number of rotatable bonds is 3. The average molecular weight is 200 g/mol. The Morgan fingerprint density at radius 3 is 2.71 bits per heavy atom. The van der Waals surface area contributed by atoms with Gasteiger partial charge in [-0.05, 0) is 18.9 Å². The molecule has 1 aromatic heterocycles. The molecule has 0 aromatic carbocycles. The van der Waals surface area contributed by atoms with Crippen LogP contribution in [0, 0.1) is 5.92 Å². The van der Waals surface area contributed by atoms with E-state index in [9.17, 15) is 13.6 Å². The van der Waals surface area contributed by atoms with E-state index >= 15 is 0 Å². The molecule has 2 rings (SSSR count). The van der Waals surface area contributed by atoms with Crippen LogP contribution in [0.25, 0.3) is 0 Å². The van der Waals surface area contributed by atoms with Gasteiger partial charge in [-0.2, -0.15) is 5.10 Å². The first-order valence-corrected chi connectivity index (χ1v) is 4.56. The van der Waals surface area contributed by atoms with Gasteiger partial charge in [0.05, 0.1) is 0 Å². The molecular weight excluding hydrogens is 190 g/mol. The van der Waals surface area contributed by atoms with E-state index in [1.54, 1.807) is 0 Å². The van der Waals surface area contributed by atoms with E-state index in [1.165, 1.54) is 0 Å². The number of ketones is 1. The third kappa shape index (κ3) is 1.54. The minimum absolute atomic E-state index is 0.00354. The van der Waals surface area contributed by atoms with Gasteiger partial charge in [0.15, 0.2) is 5.78 Å². The zero-order valence-electron chi connectivity index (χ0n) is 7.46. The van der Waals surface area contributed by atoms with Crippen molar-refractivity contribution in [2.75, 3.05) is 0 Å². The minimum atomic E-state index is -2.59. The number of hydrogen-bond donors (Lipinski definition) is 1. The monoisotopic (exact) mass is 200 g/mol. The van der Waals surface area contributed by atoms with Crippen molar-refractivity contribution < 1.29 is 13.6 Å². The third-order valence-electron chi connectivity index (χ3n) is 2.56. The smallest absolute Gasteiger partial charge is 0.279 e. The molecule has 1 heterocycles. The highest BCUT2D eigenvalue weighted by atomic mass is 19.3. The number of nitrogens with one attached hydrogen (secondary N) is 1. The second kappa shape index (κ2) is 3.48. The first kappa shape index (κ1) is 9.30.